The Morgan fingerprint density at radius 3 is 2.71 bits per heavy atom. The van der Waals surface area contributed by atoms with Gasteiger partial charge in [0.2, 0.25) is 0 Å². The second-order valence-corrected chi connectivity index (χ2v) is 6.36. The van der Waals surface area contributed by atoms with Gasteiger partial charge >= 0.3 is 5.97 Å². The number of nitrogens with zero attached hydrogens (tertiary/aromatic N) is 1. The lowest BCUT2D eigenvalue weighted by Crippen LogP contribution is -2.06. The number of thiazole rings is 1. The van der Waals surface area contributed by atoms with Gasteiger partial charge in [0, 0.05) is 10.0 Å². The molecule has 4 nitrogen and oxygen atoms in total. The highest BCUT2D eigenvalue weighted by Crippen LogP contribution is 2.32. The highest BCUT2D eigenvalue weighted by molar-refractivity contribution is 7.18. The summed E-state index contributed by atoms with van der Waals surface area (Å²) in [6.07, 6.45) is 0. The Hall–Kier alpha value is -1.01. The smallest absolute Gasteiger partial charge is 0.351 e. The van der Waals surface area contributed by atoms with E-state index < -0.39 is 5.97 Å². The molecular formula is C13H11Cl3N2O2S. The quantitative estimate of drug-likeness (QED) is 0.769. The maximum Gasteiger partial charge on any atom is 0.351 e. The number of rotatable bonds is 4. The largest absolute Gasteiger partial charge is 0.465 e. The Labute approximate surface area is 141 Å². The average molecular weight is 366 g/mol. The topological polar surface area (TPSA) is 51.2 Å². The highest BCUT2D eigenvalue weighted by Gasteiger charge is 2.19. The Morgan fingerprint density at radius 1 is 1.38 bits per heavy atom. The minimum absolute atomic E-state index is 0.115. The number of aromatic nitrogens is 1. The van der Waals surface area contributed by atoms with Crippen molar-refractivity contribution < 1.29 is 9.53 Å². The van der Waals surface area contributed by atoms with Crippen molar-refractivity contribution in [1.29, 1.82) is 0 Å². The molecule has 2 aromatic rings. The standard InChI is InChI=1S/C13H11Cl3N2O2S/c1-6(8-4-3-7(14)5-9(8)15)17-13-18-11(16)10(21-13)12(19)20-2/h3-6H,1-2H3,(H,17,18). The molecular weight excluding hydrogens is 355 g/mol. The van der Waals surface area contributed by atoms with Gasteiger partial charge in [-0.3, -0.25) is 0 Å². The van der Waals surface area contributed by atoms with E-state index in [1.54, 1.807) is 12.1 Å². The van der Waals surface area contributed by atoms with Gasteiger partial charge in [0.1, 0.15) is 0 Å². The number of carbonyl (C=O) groups is 1. The first-order valence-corrected chi connectivity index (χ1v) is 7.83. The molecule has 1 unspecified atom stereocenters. The van der Waals surface area contributed by atoms with Crippen LogP contribution in [0.4, 0.5) is 5.13 Å². The van der Waals surface area contributed by atoms with Gasteiger partial charge < -0.3 is 10.1 Å². The van der Waals surface area contributed by atoms with Crippen molar-refractivity contribution in [3.05, 3.63) is 43.8 Å². The van der Waals surface area contributed by atoms with Gasteiger partial charge in [-0.05, 0) is 24.6 Å². The number of carbonyl (C=O) groups excluding carboxylic acids is 1. The molecule has 0 aliphatic rings. The molecule has 0 amide bonds. The molecule has 0 aliphatic carbocycles. The van der Waals surface area contributed by atoms with Gasteiger partial charge in [-0.1, -0.05) is 52.2 Å². The summed E-state index contributed by atoms with van der Waals surface area (Å²) in [5.74, 6) is -0.511. The van der Waals surface area contributed by atoms with Crippen LogP contribution < -0.4 is 5.32 Å². The predicted molar refractivity (Wildman–Crippen MR) is 87.0 cm³/mol. The van der Waals surface area contributed by atoms with Crippen LogP contribution >= 0.6 is 46.1 Å². The number of benzene rings is 1. The van der Waals surface area contributed by atoms with Crippen molar-refractivity contribution in [3.63, 3.8) is 0 Å². The van der Waals surface area contributed by atoms with Crippen LogP contribution in [0.15, 0.2) is 18.2 Å². The zero-order chi connectivity index (χ0) is 15.6. The number of nitrogens with one attached hydrogen (secondary N) is 1. The molecule has 2 rings (SSSR count). The number of hydrogen-bond donors (Lipinski definition) is 1. The SMILES string of the molecule is COC(=O)c1sc(NC(C)c2ccc(Cl)cc2Cl)nc1Cl. The first-order valence-electron chi connectivity index (χ1n) is 5.88. The second-order valence-electron chi connectivity index (χ2n) is 4.16. The summed E-state index contributed by atoms with van der Waals surface area (Å²) < 4.78 is 4.64. The lowest BCUT2D eigenvalue weighted by Gasteiger charge is -2.14. The highest BCUT2D eigenvalue weighted by atomic mass is 35.5. The van der Waals surface area contributed by atoms with E-state index in [0.717, 1.165) is 16.9 Å². The van der Waals surface area contributed by atoms with Crippen LogP contribution in [0.3, 0.4) is 0 Å². The van der Waals surface area contributed by atoms with Gasteiger partial charge in [0.15, 0.2) is 15.2 Å². The number of hydrogen-bond acceptors (Lipinski definition) is 5. The van der Waals surface area contributed by atoms with E-state index in [1.807, 2.05) is 13.0 Å². The lowest BCUT2D eigenvalue weighted by molar-refractivity contribution is 0.0606. The van der Waals surface area contributed by atoms with Crippen LogP contribution in [0.2, 0.25) is 15.2 Å². The van der Waals surface area contributed by atoms with Crippen molar-refractivity contribution in [3.8, 4) is 0 Å². The third kappa shape index (κ3) is 3.80. The van der Waals surface area contributed by atoms with Crippen LogP contribution in [0.5, 0.6) is 0 Å². The lowest BCUT2D eigenvalue weighted by atomic mass is 10.1. The van der Waals surface area contributed by atoms with E-state index >= 15 is 0 Å². The molecule has 21 heavy (non-hydrogen) atoms. The number of ether oxygens (including phenoxy) is 1. The summed E-state index contributed by atoms with van der Waals surface area (Å²) >= 11 is 19.1. The fourth-order valence-electron chi connectivity index (χ4n) is 1.70. The van der Waals surface area contributed by atoms with Crippen molar-refractivity contribution in [2.24, 2.45) is 0 Å². The maximum atomic E-state index is 11.5. The van der Waals surface area contributed by atoms with Crippen molar-refractivity contribution in [2.45, 2.75) is 13.0 Å². The molecule has 1 atom stereocenters. The molecule has 0 spiro atoms. The molecule has 0 aliphatic heterocycles. The van der Waals surface area contributed by atoms with Crippen LogP contribution in [0, 0.1) is 0 Å². The van der Waals surface area contributed by atoms with Crippen LogP contribution in [0.1, 0.15) is 28.2 Å². The zero-order valence-electron chi connectivity index (χ0n) is 11.1. The zero-order valence-corrected chi connectivity index (χ0v) is 14.2. The Kier molecular flexibility index (Phi) is 5.32. The molecule has 1 aromatic carbocycles. The predicted octanol–water partition coefficient (Wildman–Crippen LogP) is 5.06. The second kappa shape index (κ2) is 6.83. The van der Waals surface area contributed by atoms with Crippen molar-refractivity contribution in [1.82, 2.24) is 4.98 Å². The summed E-state index contributed by atoms with van der Waals surface area (Å²) in [7, 11) is 1.29. The van der Waals surface area contributed by atoms with Crippen LogP contribution in [0.25, 0.3) is 0 Å². The number of anilines is 1. The number of esters is 1. The van der Waals surface area contributed by atoms with Crippen LogP contribution in [-0.4, -0.2) is 18.1 Å². The molecule has 1 heterocycles. The van der Waals surface area contributed by atoms with Gasteiger partial charge in [0.05, 0.1) is 13.2 Å². The molecule has 1 aromatic heterocycles. The Bertz CT molecular complexity index is 675. The molecule has 8 heteroatoms. The van der Waals surface area contributed by atoms with E-state index in [-0.39, 0.29) is 16.1 Å². The van der Waals surface area contributed by atoms with E-state index in [0.29, 0.717) is 15.2 Å². The first kappa shape index (κ1) is 16.4. The van der Waals surface area contributed by atoms with Gasteiger partial charge in [0.25, 0.3) is 0 Å². The summed E-state index contributed by atoms with van der Waals surface area (Å²) in [6, 6.07) is 5.14. The Balaban J connectivity index is 2.19. The van der Waals surface area contributed by atoms with Gasteiger partial charge in [-0.25, -0.2) is 9.78 Å². The van der Waals surface area contributed by atoms with E-state index in [4.69, 9.17) is 34.8 Å². The maximum absolute atomic E-state index is 11.5. The van der Waals surface area contributed by atoms with E-state index in [9.17, 15) is 4.79 Å². The summed E-state index contributed by atoms with van der Waals surface area (Å²) in [4.78, 5) is 15.9. The third-order valence-electron chi connectivity index (χ3n) is 2.73. The summed E-state index contributed by atoms with van der Waals surface area (Å²) in [6.45, 7) is 1.92. The minimum atomic E-state index is -0.511. The van der Waals surface area contributed by atoms with E-state index in [1.165, 1.54) is 7.11 Å². The normalized spacial score (nSPS) is 12.0. The Morgan fingerprint density at radius 2 is 2.10 bits per heavy atom. The van der Waals surface area contributed by atoms with Gasteiger partial charge in [-0.2, -0.15) is 0 Å². The molecule has 0 fully saturated rings. The molecule has 0 radical (unpaired) electrons. The third-order valence-corrected chi connectivity index (χ3v) is 4.64. The fourth-order valence-corrected chi connectivity index (χ4v) is 3.46. The molecule has 0 saturated heterocycles. The molecule has 0 saturated carbocycles. The van der Waals surface area contributed by atoms with Crippen molar-refractivity contribution >= 4 is 57.2 Å². The number of methoxy groups -OCH3 is 1. The summed E-state index contributed by atoms with van der Waals surface area (Å²) in [5.41, 5.74) is 0.868. The first-order chi connectivity index (χ1) is 9.92. The number of halogens is 3. The molecule has 1 N–H and O–H groups in total. The fraction of sp³-hybridized carbons (Fsp3) is 0.231. The molecule has 112 valence electrons. The monoisotopic (exact) mass is 364 g/mol. The molecule has 0 bridgehead atoms. The van der Waals surface area contributed by atoms with Gasteiger partial charge in [-0.15, -0.1) is 0 Å². The minimum Gasteiger partial charge on any atom is -0.465 e. The summed E-state index contributed by atoms with van der Waals surface area (Å²) in [5, 5.41) is 4.90. The van der Waals surface area contributed by atoms with Crippen LogP contribution in [-0.2, 0) is 4.74 Å². The average Bonchev–Trinajstić information content (AvgIpc) is 2.78. The van der Waals surface area contributed by atoms with Crippen molar-refractivity contribution in [2.75, 3.05) is 12.4 Å². The van der Waals surface area contributed by atoms with E-state index in [2.05, 4.69) is 15.0 Å².